The summed E-state index contributed by atoms with van der Waals surface area (Å²) in [5.74, 6) is -4.08. The van der Waals surface area contributed by atoms with E-state index in [-0.39, 0.29) is 23.6 Å². The minimum absolute atomic E-state index is 0.0849. The summed E-state index contributed by atoms with van der Waals surface area (Å²) in [6, 6.07) is 8.82. The standard InChI is InChI=1S/C25H21F3N6O/c1-32-24(15-11-19(26)22(28)20(27)12-15)18-13-16-5-3-7-21(23(18)31-32)33(16)25(35)14-4-2-6-17(10-14)34-29-8-9-30-34/h2,4,6,8-12,16,21H,3,5,7,13H2,1H3/t16-,21+/m1/s1. The molecule has 35 heavy (non-hydrogen) atoms. The first kappa shape index (κ1) is 21.6. The van der Waals surface area contributed by atoms with Gasteiger partial charge in [-0.1, -0.05) is 6.07 Å². The molecule has 2 aliphatic rings. The van der Waals surface area contributed by atoms with E-state index in [2.05, 4.69) is 15.3 Å². The molecule has 4 aromatic rings. The maximum absolute atomic E-state index is 14.0. The Kier molecular flexibility index (Phi) is 4.98. The second-order valence-corrected chi connectivity index (χ2v) is 8.98. The quantitative estimate of drug-likeness (QED) is 0.410. The van der Waals surface area contributed by atoms with Gasteiger partial charge < -0.3 is 4.90 Å². The number of amides is 1. The molecule has 2 aromatic carbocycles. The van der Waals surface area contributed by atoms with Crippen LogP contribution in [-0.2, 0) is 13.5 Å². The van der Waals surface area contributed by atoms with Crippen molar-refractivity contribution in [3.63, 3.8) is 0 Å². The number of rotatable bonds is 3. The van der Waals surface area contributed by atoms with Crippen LogP contribution in [0.4, 0.5) is 13.2 Å². The molecule has 0 N–H and O–H groups in total. The van der Waals surface area contributed by atoms with Crippen LogP contribution in [-0.4, -0.2) is 41.6 Å². The SMILES string of the molecule is Cn1nc2c(c1-c1cc(F)c(F)c(F)c1)C[C@H]1CCC[C@@H]2N1C(=O)c1cccc(-n2nccn2)c1. The first-order valence-corrected chi connectivity index (χ1v) is 11.4. The Hall–Kier alpha value is -3.95. The number of nitrogens with zero attached hydrogens (tertiary/aromatic N) is 6. The van der Waals surface area contributed by atoms with Crippen molar-refractivity contribution in [1.29, 1.82) is 0 Å². The van der Waals surface area contributed by atoms with Gasteiger partial charge in [0, 0.05) is 29.8 Å². The van der Waals surface area contributed by atoms with Gasteiger partial charge in [0.25, 0.3) is 5.91 Å². The summed E-state index contributed by atoms with van der Waals surface area (Å²) in [6.07, 6.45) is 6.13. The number of halogens is 3. The zero-order valence-electron chi connectivity index (χ0n) is 18.8. The lowest BCUT2D eigenvalue weighted by molar-refractivity contribution is 0.0392. The van der Waals surface area contributed by atoms with Gasteiger partial charge in [0.1, 0.15) is 0 Å². The van der Waals surface area contributed by atoms with Crippen LogP contribution in [0.1, 0.15) is 46.9 Å². The predicted octanol–water partition coefficient (Wildman–Crippen LogP) is 4.38. The van der Waals surface area contributed by atoms with Crippen LogP contribution in [0.3, 0.4) is 0 Å². The van der Waals surface area contributed by atoms with E-state index >= 15 is 0 Å². The molecule has 178 valence electrons. The van der Waals surface area contributed by atoms with Gasteiger partial charge in [-0.25, -0.2) is 13.2 Å². The summed E-state index contributed by atoms with van der Waals surface area (Å²) >= 11 is 0. The molecule has 4 heterocycles. The summed E-state index contributed by atoms with van der Waals surface area (Å²) in [5, 5.41) is 12.9. The average molecular weight is 478 g/mol. The summed E-state index contributed by atoms with van der Waals surface area (Å²) in [7, 11) is 1.70. The molecule has 7 nitrogen and oxygen atoms in total. The van der Waals surface area contributed by atoms with Crippen LogP contribution in [0.15, 0.2) is 48.8 Å². The largest absolute Gasteiger partial charge is 0.327 e. The maximum atomic E-state index is 14.0. The lowest BCUT2D eigenvalue weighted by Gasteiger charge is -2.45. The second-order valence-electron chi connectivity index (χ2n) is 8.98. The Morgan fingerprint density at radius 3 is 2.51 bits per heavy atom. The molecule has 2 atom stereocenters. The van der Waals surface area contributed by atoms with Crippen molar-refractivity contribution < 1.29 is 18.0 Å². The predicted molar refractivity (Wildman–Crippen MR) is 120 cm³/mol. The smallest absolute Gasteiger partial charge is 0.254 e. The van der Waals surface area contributed by atoms with Crippen LogP contribution in [0.25, 0.3) is 16.9 Å². The van der Waals surface area contributed by atoms with Gasteiger partial charge in [-0.3, -0.25) is 9.48 Å². The molecular formula is C25H21F3N6O. The first-order chi connectivity index (χ1) is 16.9. The van der Waals surface area contributed by atoms with E-state index in [1.54, 1.807) is 42.3 Å². The van der Waals surface area contributed by atoms with E-state index in [9.17, 15) is 18.0 Å². The Bertz CT molecular complexity index is 1420. The van der Waals surface area contributed by atoms with Crippen LogP contribution < -0.4 is 0 Å². The minimum atomic E-state index is -1.49. The molecule has 2 bridgehead atoms. The molecule has 6 rings (SSSR count). The lowest BCUT2D eigenvalue weighted by atomic mass is 9.81. The van der Waals surface area contributed by atoms with E-state index < -0.39 is 17.5 Å². The Balaban J connectivity index is 1.40. The molecule has 1 saturated heterocycles. The highest BCUT2D eigenvalue weighted by Gasteiger charge is 2.43. The third-order valence-corrected chi connectivity index (χ3v) is 6.91. The van der Waals surface area contributed by atoms with Crippen molar-refractivity contribution in [2.24, 2.45) is 7.05 Å². The van der Waals surface area contributed by atoms with E-state index in [0.717, 1.165) is 42.7 Å². The molecule has 0 aliphatic carbocycles. The fourth-order valence-electron chi connectivity index (χ4n) is 5.46. The third-order valence-electron chi connectivity index (χ3n) is 6.91. The third kappa shape index (κ3) is 3.43. The molecule has 0 saturated carbocycles. The van der Waals surface area contributed by atoms with Crippen LogP contribution >= 0.6 is 0 Å². The molecule has 1 fully saturated rings. The molecular weight excluding hydrogens is 457 g/mol. The number of carbonyl (C=O) groups excluding carboxylic acids is 1. The molecule has 2 aromatic heterocycles. The van der Waals surface area contributed by atoms with E-state index in [1.807, 2.05) is 11.0 Å². The number of aryl methyl sites for hydroxylation is 1. The van der Waals surface area contributed by atoms with Crippen molar-refractivity contribution in [1.82, 2.24) is 29.7 Å². The number of fused-ring (bicyclic) bond motifs is 4. The number of hydrogen-bond donors (Lipinski definition) is 0. The zero-order chi connectivity index (χ0) is 24.3. The number of piperidine rings is 1. The summed E-state index contributed by atoms with van der Waals surface area (Å²) < 4.78 is 43.2. The highest BCUT2D eigenvalue weighted by molar-refractivity contribution is 5.95. The van der Waals surface area contributed by atoms with Crippen molar-refractivity contribution >= 4 is 5.91 Å². The van der Waals surface area contributed by atoms with Crippen molar-refractivity contribution in [3.05, 3.63) is 83.1 Å². The van der Waals surface area contributed by atoms with Crippen molar-refractivity contribution in [2.45, 2.75) is 37.8 Å². The number of hydrogen-bond acceptors (Lipinski definition) is 4. The van der Waals surface area contributed by atoms with Gasteiger partial charge in [-0.05, 0) is 56.0 Å². The monoisotopic (exact) mass is 478 g/mol. The number of aromatic nitrogens is 5. The van der Waals surface area contributed by atoms with E-state index in [4.69, 9.17) is 0 Å². The molecule has 2 aliphatic heterocycles. The second kappa shape index (κ2) is 8.07. The highest BCUT2D eigenvalue weighted by Crippen LogP contribution is 2.45. The molecule has 1 amide bonds. The molecule has 10 heteroatoms. The topological polar surface area (TPSA) is 68.8 Å². The van der Waals surface area contributed by atoms with Crippen LogP contribution in [0.2, 0.25) is 0 Å². The van der Waals surface area contributed by atoms with Gasteiger partial charge in [0.2, 0.25) is 0 Å². The van der Waals surface area contributed by atoms with Gasteiger partial charge in [0.05, 0.1) is 35.5 Å². The van der Waals surface area contributed by atoms with Crippen LogP contribution in [0.5, 0.6) is 0 Å². The van der Waals surface area contributed by atoms with E-state index in [0.29, 0.717) is 23.4 Å². The Morgan fingerprint density at radius 2 is 1.77 bits per heavy atom. The summed E-state index contributed by atoms with van der Waals surface area (Å²) in [4.78, 5) is 17.1. The van der Waals surface area contributed by atoms with E-state index in [1.165, 1.54) is 4.80 Å². The first-order valence-electron chi connectivity index (χ1n) is 11.4. The Morgan fingerprint density at radius 1 is 1.03 bits per heavy atom. The normalized spacial score (nSPS) is 19.0. The highest BCUT2D eigenvalue weighted by atomic mass is 19.2. The Labute approximate surface area is 198 Å². The van der Waals surface area contributed by atoms with Crippen molar-refractivity contribution in [3.8, 4) is 16.9 Å². The van der Waals surface area contributed by atoms with Crippen LogP contribution in [0, 0.1) is 17.5 Å². The number of carbonyl (C=O) groups is 1. The van der Waals surface area contributed by atoms with Gasteiger partial charge in [-0.15, -0.1) is 0 Å². The molecule has 0 radical (unpaired) electrons. The minimum Gasteiger partial charge on any atom is -0.327 e. The zero-order valence-corrected chi connectivity index (χ0v) is 18.8. The molecule has 0 spiro atoms. The van der Waals surface area contributed by atoms with Gasteiger partial charge in [0.15, 0.2) is 17.5 Å². The maximum Gasteiger partial charge on any atom is 0.254 e. The molecule has 0 unspecified atom stereocenters. The van der Waals surface area contributed by atoms with Gasteiger partial charge >= 0.3 is 0 Å². The summed E-state index contributed by atoms with van der Waals surface area (Å²) in [6.45, 7) is 0. The fourth-order valence-corrected chi connectivity index (χ4v) is 5.46. The fraction of sp³-hybridized carbons (Fsp3) is 0.280. The van der Waals surface area contributed by atoms with Crippen molar-refractivity contribution in [2.75, 3.05) is 0 Å². The number of benzene rings is 2. The van der Waals surface area contributed by atoms with Gasteiger partial charge in [-0.2, -0.15) is 20.1 Å². The summed E-state index contributed by atoms with van der Waals surface area (Å²) in [5.41, 5.74) is 3.57. The lowest BCUT2D eigenvalue weighted by Crippen LogP contribution is -2.49. The average Bonchev–Trinajstić information content (AvgIpc) is 3.50.